The van der Waals surface area contributed by atoms with Crippen molar-refractivity contribution in [2.75, 3.05) is 26.2 Å². The zero-order chi connectivity index (χ0) is 16.7. The molecule has 0 atom stereocenters. The molecule has 2 heterocycles. The molecule has 1 aliphatic heterocycles. The van der Waals surface area contributed by atoms with Crippen LogP contribution in [-0.4, -0.2) is 53.9 Å². The van der Waals surface area contributed by atoms with Crippen molar-refractivity contribution in [2.24, 2.45) is 0 Å². The van der Waals surface area contributed by atoms with Crippen LogP contribution in [0.25, 0.3) is 0 Å². The summed E-state index contributed by atoms with van der Waals surface area (Å²) in [6.45, 7) is 9.42. The van der Waals surface area contributed by atoms with Crippen LogP contribution in [0.5, 0.6) is 0 Å². The highest BCUT2D eigenvalue weighted by molar-refractivity contribution is 5.68. The van der Waals surface area contributed by atoms with Crippen molar-refractivity contribution in [3.05, 3.63) is 24.0 Å². The van der Waals surface area contributed by atoms with Gasteiger partial charge >= 0.3 is 6.09 Å². The SMILES string of the molecule is CC(C)(C)OC(=O)N1CCC(OCCNCc2ccc[nH]2)CC1. The van der Waals surface area contributed by atoms with Gasteiger partial charge in [-0.15, -0.1) is 0 Å². The maximum absolute atomic E-state index is 12.0. The standard InChI is InChI=1S/C17H29N3O3/c1-17(2,3)23-16(21)20-10-6-15(7-11-20)22-12-9-18-13-14-5-4-8-19-14/h4-5,8,15,18-19H,6-7,9-13H2,1-3H3. The molecule has 0 aromatic carbocycles. The number of hydrogen-bond donors (Lipinski definition) is 2. The minimum atomic E-state index is -0.435. The Bertz CT molecular complexity index is 460. The number of carbonyl (C=O) groups is 1. The molecule has 1 amide bonds. The lowest BCUT2D eigenvalue weighted by molar-refractivity contribution is -0.0104. The molecular weight excluding hydrogens is 294 g/mol. The van der Waals surface area contributed by atoms with Gasteiger partial charge in [0.15, 0.2) is 0 Å². The lowest BCUT2D eigenvalue weighted by Gasteiger charge is -2.33. The number of H-pyrrole nitrogens is 1. The van der Waals surface area contributed by atoms with Crippen molar-refractivity contribution in [3.63, 3.8) is 0 Å². The number of aromatic nitrogens is 1. The zero-order valence-electron chi connectivity index (χ0n) is 14.4. The Morgan fingerprint density at radius 3 is 2.74 bits per heavy atom. The molecule has 1 fully saturated rings. The number of ether oxygens (including phenoxy) is 2. The molecule has 1 aromatic rings. The van der Waals surface area contributed by atoms with E-state index in [9.17, 15) is 4.79 Å². The Hall–Kier alpha value is -1.53. The fourth-order valence-electron chi connectivity index (χ4n) is 2.53. The van der Waals surface area contributed by atoms with E-state index in [-0.39, 0.29) is 12.2 Å². The van der Waals surface area contributed by atoms with E-state index in [1.807, 2.05) is 33.0 Å². The van der Waals surface area contributed by atoms with Crippen molar-refractivity contribution >= 4 is 6.09 Å². The maximum Gasteiger partial charge on any atom is 0.410 e. The lowest BCUT2D eigenvalue weighted by atomic mass is 10.1. The summed E-state index contributed by atoms with van der Waals surface area (Å²) in [5, 5.41) is 3.34. The molecule has 0 spiro atoms. The molecule has 0 unspecified atom stereocenters. The summed E-state index contributed by atoms with van der Waals surface area (Å²) in [6, 6.07) is 4.05. The molecular formula is C17H29N3O3. The van der Waals surface area contributed by atoms with Crippen LogP contribution in [0.2, 0.25) is 0 Å². The molecule has 130 valence electrons. The van der Waals surface area contributed by atoms with Crippen LogP contribution < -0.4 is 5.32 Å². The van der Waals surface area contributed by atoms with Gasteiger partial charge in [0.1, 0.15) is 5.60 Å². The summed E-state index contributed by atoms with van der Waals surface area (Å²) in [6.07, 6.45) is 3.68. The smallest absolute Gasteiger partial charge is 0.410 e. The quantitative estimate of drug-likeness (QED) is 0.790. The van der Waals surface area contributed by atoms with Gasteiger partial charge in [-0.05, 0) is 45.7 Å². The first-order valence-electron chi connectivity index (χ1n) is 8.36. The second-order valence-electron chi connectivity index (χ2n) is 6.91. The Morgan fingerprint density at radius 2 is 2.13 bits per heavy atom. The molecule has 6 nitrogen and oxygen atoms in total. The minimum absolute atomic E-state index is 0.219. The van der Waals surface area contributed by atoms with Gasteiger partial charge in [-0.1, -0.05) is 0 Å². The van der Waals surface area contributed by atoms with Gasteiger partial charge in [0.2, 0.25) is 0 Å². The number of nitrogens with zero attached hydrogens (tertiary/aromatic N) is 1. The highest BCUT2D eigenvalue weighted by Gasteiger charge is 2.26. The molecule has 0 saturated carbocycles. The highest BCUT2D eigenvalue weighted by Crippen LogP contribution is 2.17. The van der Waals surface area contributed by atoms with E-state index < -0.39 is 5.60 Å². The van der Waals surface area contributed by atoms with E-state index in [2.05, 4.69) is 16.4 Å². The summed E-state index contributed by atoms with van der Waals surface area (Å²) in [5.74, 6) is 0. The third-order valence-corrected chi connectivity index (χ3v) is 3.70. The van der Waals surface area contributed by atoms with Crippen LogP contribution in [0.4, 0.5) is 4.79 Å². The zero-order valence-corrected chi connectivity index (χ0v) is 14.4. The van der Waals surface area contributed by atoms with Crippen molar-refractivity contribution in [1.82, 2.24) is 15.2 Å². The Morgan fingerprint density at radius 1 is 1.39 bits per heavy atom. The molecule has 1 aliphatic rings. The summed E-state index contributed by atoms with van der Waals surface area (Å²) in [7, 11) is 0. The molecule has 2 N–H and O–H groups in total. The van der Waals surface area contributed by atoms with Crippen molar-refractivity contribution in [3.8, 4) is 0 Å². The predicted octanol–water partition coefficient (Wildman–Crippen LogP) is 2.52. The minimum Gasteiger partial charge on any atom is -0.444 e. The van der Waals surface area contributed by atoms with Crippen molar-refractivity contribution in [2.45, 2.75) is 51.9 Å². The monoisotopic (exact) mass is 323 g/mol. The molecule has 0 radical (unpaired) electrons. The number of nitrogens with one attached hydrogen (secondary N) is 2. The average Bonchev–Trinajstić information content (AvgIpc) is 2.99. The Labute approximate surface area is 138 Å². The predicted molar refractivity (Wildman–Crippen MR) is 89.3 cm³/mol. The van der Waals surface area contributed by atoms with Crippen LogP contribution in [0.1, 0.15) is 39.3 Å². The van der Waals surface area contributed by atoms with Crippen LogP contribution >= 0.6 is 0 Å². The number of carbonyl (C=O) groups excluding carboxylic acids is 1. The normalized spacial score (nSPS) is 16.6. The molecule has 0 bridgehead atoms. The van der Waals surface area contributed by atoms with Gasteiger partial charge in [-0.2, -0.15) is 0 Å². The van der Waals surface area contributed by atoms with Crippen LogP contribution in [0.15, 0.2) is 18.3 Å². The molecule has 1 aromatic heterocycles. The summed E-state index contributed by atoms with van der Waals surface area (Å²) in [4.78, 5) is 16.9. The van der Waals surface area contributed by atoms with Gasteiger partial charge in [-0.3, -0.25) is 0 Å². The summed E-state index contributed by atoms with van der Waals surface area (Å²) >= 11 is 0. The molecule has 0 aliphatic carbocycles. The number of amides is 1. The summed E-state index contributed by atoms with van der Waals surface area (Å²) in [5.41, 5.74) is 0.741. The lowest BCUT2D eigenvalue weighted by Crippen LogP contribution is -2.43. The first-order chi connectivity index (χ1) is 10.9. The van der Waals surface area contributed by atoms with E-state index in [0.717, 1.165) is 25.9 Å². The van der Waals surface area contributed by atoms with Crippen LogP contribution in [-0.2, 0) is 16.0 Å². The van der Waals surface area contributed by atoms with Gasteiger partial charge < -0.3 is 24.7 Å². The molecule has 2 rings (SSSR count). The van der Waals surface area contributed by atoms with Crippen LogP contribution in [0, 0.1) is 0 Å². The van der Waals surface area contributed by atoms with Gasteiger partial charge in [0.25, 0.3) is 0 Å². The fraction of sp³-hybridized carbons (Fsp3) is 0.706. The van der Waals surface area contributed by atoms with Gasteiger partial charge in [0, 0.05) is 38.1 Å². The van der Waals surface area contributed by atoms with E-state index in [1.165, 1.54) is 5.69 Å². The maximum atomic E-state index is 12.0. The number of rotatable bonds is 6. The second-order valence-corrected chi connectivity index (χ2v) is 6.91. The third-order valence-electron chi connectivity index (χ3n) is 3.70. The van der Waals surface area contributed by atoms with E-state index in [4.69, 9.17) is 9.47 Å². The van der Waals surface area contributed by atoms with Crippen molar-refractivity contribution in [1.29, 1.82) is 0 Å². The number of likely N-dealkylation sites (tertiary alicyclic amines) is 1. The molecule has 1 saturated heterocycles. The summed E-state index contributed by atoms with van der Waals surface area (Å²) < 4.78 is 11.3. The number of aromatic amines is 1. The Kier molecular flexibility index (Phi) is 6.47. The van der Waals surface area contributed by atoms with Gasteiger partial charge in [0.05, 0.1) is 12.7 Å². The topological polar surface area (TPSA) is 66.6 Å². The molecule has 6 heteroatoms. The van der Waals surface area contributed by atoms with E-state index >= 15 is 0 Å². The van der Waals surface area contributed by atoms with Crippen molar-refractivity contribution < 1.29 is 14.3 Å². The van der Waals surface area contributed by atoms with Crippen LogP contribution in [0.3, 0.4) is 0 Å². The molecule has 23 heavy (non-hydrogen) atoms. The third kappa shape index (κ3) is 6.62. The first-order valence-corrected chi connectivity index (χ1v) is 8.36. The Balaban J connectivity index is 1.55. The van der Waals surface area contributed by atoms with Gasteiger partial charge in [-0.25, -0.2) is 4.79 Å². The fourth-order valence-corrected chi connectivity index (χ4v) is 2.53. The number of hydrogen-bond acceptors (Lipinski definition) is 4. The second kappa shape index (κ2) is 8.36. The van der Waals surface area contributed by atoms with E-state index in [0.29, 0.717) is 19.7 Å². The number of piperidine rings is 1. The highest BCUT2D eigenvalue weighted by atomic mass is 16.6. The first kappa shape index (κ1) is 17.8. The average molecular weight is 323 g/mol. The largest absolute Gasteiger partial charge is 0.444 e. The van der Waals surface area contributed by atoms with E-state index in [1.54, 1.807) is 4.90 Å².